The summed E-state index contributed by atoms with van der Waals surface area (Å²) in [5, 5.41) is 8.36. The van der Waals surface area contributed by atoms with Crippen LogP contribution in [0.3, 0.4) is 0 Å². The molecule has 1 aromatic heterocycles. The van der Waals surface area contributed by atoms with Crippen LogP contribution >= 0.6 is 24.0 Å². The first-order valence-corrected chi connectivity index (χ1v) is 10.6. The Labute approximate surface area is 191 Å². The summed E-state index contributed by atoms with van der Waals surface area (Å²) in [6, 6.07) is 9.00. The Morgan fingerprint density at radius 1 is 1.28 bits per heavy atom. The summed E-state index contributed by atoms with van der Waals surface area (Å²) in [5.74, 6) is 0.955. The van der Waals surface area contributed by atoms with E-state index in [1.54, 1.807) is 7.11 Å². The molecule has 1 aliphatic heterocycles. The molecule has 3 N–H and O–H groups in total. The van der Waals surface area contributed by atoms with Gasteiger partial charge in [-0.15, -0.1) is 24.0 Å². The van der Waals surface area contributed by atoms with E-state index in [4.69, 9.17) is 9.73 Å². The van der Waals surface area contributed by atoms with Crippen molar-refractivity contribution in [3.05, 3.63) is 36.0 Å². The monoisotopic (exact) mass is 513 g/mol. The zero-order valence-corrected chi connectivity index (χ0v) is 20.1. The van der Waals surface area contributed by atoms with E-state index in [1.807, 2.05) is 0 Å². The maximum absolute atomic E-state index is 5.18. The Balaban J connectivity index is 0.00000300. The smallest absolute Gasteiger partial charge is 0.191 e. The fraction of sp³-hybridized carbons (Fsp3) is 0.591. The normalized spacial score (nSPS) is 16.0. The molecule has 29 heavy (non-hydrogen) atoms. The Hall–Kier alpha value is -1.32. The summed E-state index contributed by atoms with van der Waals surface area (Å²) in [5.41, 5.74) is 2.60. The molecule has 1 saturated heterocycles. The van der Waals surface area contributed by atoms with E-state index in [9.17, 15) is 0 Å². The predicted molar refractivity (Wildman–Crippen MR) is 132 cm³/mol. The lowest BCUT2D eigenvalue weighted by Crippen LogP contribution is -2.49. The number of benzene rings is 1. The highest BCUT2D eigenvalue weighted by Crippen LogP contribution is 2.18. The largest absolute Gasteiger partial charge is 0.383 e. The van der Waals surface area contributed by atoms with Gasteiger partial charge in [0.15, 0.2) is 5.96 Å². The van der Waals surface area contributed by atoms with Crippen molar-refractivity contribution in [3.63, 3.8) is 0 Å². The molecule has 2 aromatic rings. The quantitative estimate of drug-likeness (QED) is 0.208. The minimum Gasteiger partial charge on any atom is -0.383 e. The number of nitrogens with one attached hydrogen (secondary N) is 3. The number of para-hydroxylation sites is 1. The minimum absolute atomic E-state index is 0. The van der Waals surface area contributed by atoms with Crippen molar-refractivity contribution < 1.29 is 4.74 Å². The lowest BCUT2D eigenvalue weighted by atomic mass is 10.1. The van der Waals surface area contributed by atoms with Crippen molar-refractivity contribution in [1.29, 1.82) is 0 Å². The lowest BCUT2D eigenvalue weighted by molar-refractivity contribution is 0.128. The van der Waals surface area contributed by atoms with Crippen LogP contribution in [0.2, 0.25) is 0 Å². The zero-order valence-electron chi connectivity index (χ0n) is 17.7. The van der Waals surface area contributed by atoms with E-state index < -0.39 is 0 Å². The molecule has 0 bridgehead atoms. The van der Waals surface area contributed by atoms with Gasteiger partial charge in [-0.2, -0.15) is 0 Å². The minimum atomic E-state index is 0. The second-order valence-corrected chi connectivity index (χ2v) is 7.48. The van der Waals surface area contributed by atoms with Gasteiger partial charge < -0.3 is 25.3 Å². The van der Waals surface area contributed by atoms with Crippen molar-refractivity contribution in [3.8, 4) is 0 Å². The Morgan fingerprint density at radius 3 is 2.83 bits per heavy atom. The number of halogens is 1. The average Bonchev–Trinajstić information content (AvgIpc) is 3.14. The lowest BCUT2D eigenvalue weighted by Gasteiger charge is -2.32. The van der Waals surface area contributed by atoms with Gasteiger partial charge in [-0.3, -0.25) is 4.99 Å². The number of aryl methyl sites for hydroxylation is 1. The highest BCUT2D eigenvalue weighted by atomic mass is 127. The van der Waals surface area contributed by atoms with E-state index in [1.165, 1.54) is 16.5 Å². The third kappa shape index (κ3) is 7.46. The second kappa shape index (κ2) is 13.1. The number of fused-ring (bicyclic) bond motifs is 1. The van der Waals surface area contributed by atoms with Crippen LogP contribution in [0.25, 0.3) is 10.9 Å². The van der Waals surface area contributed by atoms with Crippen LogP contribution < -0.4 is 10.6 Å². The SMILES string of the molecule is CCNC(=NCCCc1c[nH]c2ccccc12)NC1CCN(CCOC)CC1.I. The average molecular weight is 513 g/mol. The Bertz CT molecular complexity index is 740. The Morgan fingerprint density at radius 2 is 2.07 bits per heavy atom. The summed E-state index contributed by atoms with van der Waals surface area (Å²) in [7, 11) is 1.77. The molecule has 0 radical (unpaired) electrons. The van der Waals surface area contributed by atoms with Gasteiger partial charge in [-0.25, -0.2) is 0 Å². The standard InChI is InChI=1S/C22H35N5O.HI/c1-3-23-22(26-19-10-13-27(14-11-19)15-16-28-2)24-12-6-7-18-17-25-21-9-5-4-8-20(18)21;/h4-5,8-9,17,19,25H,3,6-7,10-16H2,1-2H3,(H2,23,24,26);1H. The van der Waals surface area contributed by atoms with Crippen molar-refractivity contribution in [2.24, 2.45) is 4.99 Å². The van der Waals surface area contributed by atoms with E-state index >= 15 is 0 Å². The van der Waals surface area contributed by atoms with E-state index in [0.29, 0.717) is 6.04 Å². The number of methoxy groups -OCH3 is 1. The number of aromatic amines is 1. The second-order valence-electron chi connectivity index (χ2n) is 7.48. The molecule has 1 aromatic carbocycles. The predicted octanol–water partition coefficient (Wildman–Crippen LogP) is 3.38. The van der Waals surface area contributed by atoms with Gasteiger partial charge in [-0.1, -0.05) is 18.2 Å². The molecular formula is C22H36IN5O. The topological polar surface area (TPSA) is 64.7 Å². The molecule has 0 spiro atoms. The number of likely N-dealkylation sites (tertiary alicyclic amines) is 1. The molecule has 1 fully saturated rings. The van der Waals surface area contributed by atoms with E-state index in [2.05, 4.69) is 57.9 Å². The fourth-order valence-electron chi connectivity index (χ4n) is 3.83. The van der Waals surface area contributed by atoms with Crippen LogP contribution in [0.1, 0.15) is 31.7 Å². The first-order chi connectivity index (χ1) is 13.8. The molecule has 0 amide bonds. The molecule has 3 rings (SSSR count). The zero-order chi connectivity index (χ0) is 19.6. The van der Waals surface area contributed by atoms with Gasteiger partial charge in [0.1, 0.15) is 0 Å². The molecule has 0 unspecified atom stereocenters. The van der Waals surface area contributed by atoms with Crippen LogP contribution in [0.5, 0.6) is 0 Å². The van der Waals surface area contributed by atoms with E-state index in [0.717, 1.165) is 71.0 Å². The van der Waals surface area contributed by atoms with Gasteiger partial charge in [0, 0.05) is 63.0 Å². The number of aliphatic imine (C=N–C) groups is 1. The summed E-state index contributed by atoms with van der Waals surface area (Å²) < 4.78 is 5.18. The first kappa shape index (κ1) is 24.0. The summed E-state index contributed by atoms with van der Waals surface area (Å²) in [4.78, 5) is 10.6. The number of nitrogens with zero attached hydrogens (tertiary/aromatic N) is 2. The highest BCUT2D eigenvalue weighted by Gasteiger charge is 2.19. The molecule has 7 heteroatoms. The van der Waals surface area contributed by atoms with Gasteiger partial charge in [-0.05, 0) is 44.2 Å². The number of piperidine rings is 1. The number of hydrogen-bond donors (Lipinski definition) is 3. The molecule has 162 valence electrons. The van der Waals surface area contributed by atoms with Gasteiger partial charge in [0.05, 0.1) is 6.61 Å². The molecule has 2 heterocycles. The maximum atomic E-state index is 5.18. The molecule has 0 saturated carbocycles. The van der Waals surface area contributed by atoms with Crippen molar-refractivity contribution in [1.82, 2.24) is 20.5 Å². The van der Waals surface area contributed by atoms with Crippen LogP contribution in [-0.2, 0) is 11.2 Å². The highest BCUT2D eigenvalue weighted by molar-refractivity contribution is 14.0. The number of hydrogen-bond acceptors (Lipinski definition) is 3. The van der Waals surface area contributed by atoms with Gasteiger partial charge in [0.25, 0.3) is 0 Å². The van der Waals surface area contributed by atoms with Gasteiger partial charge >= 0.3 is 0 Å². The summed E-state index contributed by atoms with van der Waals surface area (Å²) >= 11 is 0. The van der Waals surface area contributed by atoms with Crippen molar-refractivity contribution >= 4 is 40.8 Å². The molecular weight excluding hydrogens is 477 g/mol. The van der Waals surface area contributed by atoms with Crippen molar-refractivity contribution in [2.45, 2.75) is 38.6 Å². The Kier molecular flexibility index (Phi) is 10.8. The number of ether oxygens (including phenoxy) is 1. The summed E-state index contributed by atoms with van der Waals surface area (Å²) in [6.45, 7) is 7.95. The van der Waals surface area contributed by atoms with Crippen LogP contribution in [0.15, 0.2) is 35.5 Å². The number of rotatable bonds is 9. The number of aromatic nitrogens is 1. The first-order valence-electron chi connectivity index (χ1n) is 10.6. The van der Waals surface area contributed by atoms with Crippen LogP contribution in [0, 0.1) is 0 Å². The van der Waals surface area contributed by atoms with E-state index in [-0.39, 0.29) is 24.0 Å². The molecule has 0 aliphatic carbocycles. The summed E-state index contributed by atoms with van der Waals surface area (Å²) in [6.07, 6.45) is 6.54. The van der Waals surface area contributed by atoms with Crippen LogP contribution in [-0.4, -0.2) is 68.3 Å². The third-order valence-electron chi connectivity index (χ3n) is 5.43. The number of H-pyrrole nitrogens is 1. The fourth-order valence-corrected chi connectivity index (χ4v) is 3.83. The van der Waals surface area contributed by atoms with Crippen molar-refractivity contribution in [2.75, 3.05) is 46.4 Å². The van der Waals surface area contributed by atoms with Crippen LogP contribution in [0.4, 0.5) is 0 Å². The maximum Gasteiger partial charge on any atom is 0.191 e. The van der Waals surface area contributed by atoms with Gasteiger partial charge in [0.2, 0.25) is 0 Å². The number of guanidine groups is 1. The third-order valence-corrected chi connectivity index (χ3v) is 5.43. The molecule has 1 aliphatic rings. The molecule has 6 nitrogen and oxygen atoms in total. The molecule has 0 atom stereocenters.